The second-order valence-corrected chi connectivity index (χ2v) is 8.20. The Morgan fingerprint density at radius 3 is 2.38 bits per heavy atom. The van der Waals surface area contributed by atoms with Crippen molar-refractivity contribution in [1.29, 1.82) is 0 Å². The van der Waals surface area contributed by atoms with E-state index in [-0.39, 0.29) is 23.9 Å². The van der Waals surface area contributed by atoms with Gasteiger partial charge in [-0.1, -0.05) is 23.7 Å². The SMILES string of the molecule is COc1ccccc1C(=O)N1CC(S(=O)(=O)c2ccc(Cl)cc2)C1. The van der Waals surface area contributed by atoms with E-state index in [1.165, 1.54) is 24.1 Å². The summed E-state index contributed by atoms with van der Waals surface area (Å²) >= 11 is 5.79. The lowest BCUT2D eigenvalue weighted by Crippen LogP contribution is -2.56. The number of carbonyl (C=O) groups excluding carboxylic acids is 1. The highest BCUT2D eigenvalue weighted by molar-refractivity contribution is 7.92. The lowest BCUT2D eigenvalue weighted by Gasteiger charge is -2.38. The van der Waals surface area contributed by atoms with Gasteiger partial charge in [0.15, 0.2) is 9.84 Å². The van der Waals surface area contributed by atoms with Gasteiger partial charge in [0, 0.05) is 18.1 Å². The van der Waals surface area contributed by atoms with E-state index in [1.54, 1.807) is 36.4 Å². The van der Waals surface area contributed by atoms with E-state index in [0.717, 1.165) is 0 Å². The third-order valence-corrected chi connectivity index (χ3v) is 6.41. The van der Waals surface area contributed by atoms with Crippen LogP contribution in [-0.4, -0.2) is 44.7 Å². The number of halogens is 1. The highest BCUT2D eigenvalue weighted by atomic mass is 35.5. The lowest BCUT2D eigenvalue weighted by atomic mass is 10.1. The molecule has 0 saturated carbocycles. The maximum Gasteiger partial charge on any atom is 0.257 e. The number of hydrogen-bond donors (Lipinski definition) is 0. The van der Waals surface area contributed by atoms with Crippen LogP contribution in [0.1, 0.15) is 10.4 Å². The predicted molar refractivity (Wildman–Crippen MR) is 91.3 cm³/mol. The van der Waals surface area contributed by atoms with Gasteiger partial charge in [0.1, 0.15) is 11.0 Å². The molecule has 5 nitrogen and oxygen atoms in total. The number of benzene rings is 2. The van der Waals surface area contributed by atoms with E-state index in [4.69, 9.17) is 16.3 Å². The van der Waals surface area contributed by atoms with Crippen LogP contribution in [0, 0.1) is 0 Å². The number of ether oxygens (including phenoxy) is 1. The molecule has 1 saturated heterocycles. The fourth-order valence-corrected chi connectivity index (χ4v) is 4.39. The van der Waals surface area contributed by atoms with E-state index in [9.17, 15) is 13.2 Å². The molecule has 7 heteroatoms. The van der Waals surface area contributed by atoms with Crippen LogP contribution in [0.5, 0.6) is 5.75 Å². The Labute approximate surface area is 145 Å². The van der Waals surface area contributed by atoms with Gasteiger partial charge >= 0.3 is 0 Å². The van der Waals surface area contributed by atoms with Crippen molar-refractivity contribution in [3.63, 3.8) is 0 Å². The minimum Gasteiger partial charge on any atom is -0.496 e. The molecule has 1 amide bonds. The number of rotatable bonds is 4. The third kappa shape index (κ3) is 2.99. The monoisotopic (exact) mass is 365 g/mol. The minimum atomic E-state index is -3.47. The molecular formula is C17H16ClNO4S. The molecule has 1 aliphatic rings. The van der Waals surface area contributed by atoms with Crippen LogP contribution in [0.25, 0.3) is 0 Å². The molecule has 0 aromatic heterocycles. The molecular weight excluding hydrogens is 350 g/mol. The normalized spacial score (nSPS) is 15.0. The molecule has 0 aliphatic carbocycles. The van der Waals surface area contributed by atoms with Crippen LogP contribution in [0.2, 0.25) is 5.02 Å². The summed E-state index contributed by atoms with van der Waals surface area (Å²) in [5, 5.41) is -0.118. The Hall–Kier alpha value is -2.05. The van der Waals surface area contributed by atoms with Gasteiger partial charge in [-0.15, -0.1) is 0 Å². The number of carbonyl (C=O) groups is 1. The Balaban J connectivity index is 1.73. The van der Waals surface area contributed by atoms with Crippen molar-refractivity contribution < 1.29 is 17.9 Å². The second-order valence-electron chi connectivity index (χ2n) is 5.53. The van der Waals surface area contributed by atoms with Gasteiger partial charge in [0.25, 0.3) is 5.91 Å². The first kappa shape index (κ1) is 16.8. The summed E-state index contributed by atoms with van der Waals surface area (Å²) in [6.45, 7) is 0.337. The molecule has 24 heavy (non-hydrogen) atoms. The number of likely N-dealkylation sites (tertiary alicyclic amines) is 1. The van der Waals surface area contributed by atoms with Crippen LogP contribution in [0.15, 0.2) is 53.4 Å². The highest BCUT2D eigenvalue weighted by Crippen LogP contribution is 2.28. The molecule has 0 N–H and O–H groups in total. The predicted octanol–water partition coefficient (Wildman–Crippen LogP) is 2.65. The Bertz CT molecular complexity index is 858. The maximum absolute atomic E-state index is 12.5. The van der Waals surface area contributed by atoms with Crippen molar-refractivity contribution in [2.75, 3.05) is 20.2 Å². The molecule has 1 aliphatic heterocycles. The summed E-state index contributed by atoms with van der Waals surface area (Å²) in [7, 11) is -1.97. The van der Waals surface area contributed by atoms with Crippen molar-refractivity contribution in [2.45, 2.75) is 10.1 Å². The molecule has 1 fully saturated rings. The molecule has 3 rings (SSSR count). The Morgan fingerprint density at radius 1 is 1.12 bits per heavy atom. The Kier molecular flexibility index (Phi) is 4.51. The van der Waals surface area contributed by atoms with Gasteiger partial charge in [-0.05, 0) is 36.4 Å². The van der Waals surface area contributed by atoms with Gasteiger partial charge in [-0.3, -0.25) is 4.79 Å². The third-order valence-electron chi connectivity index (χ3n) is 4.05. The largest absolute Gasteiger partial charge is 0.496 e. The van der Waals surface area contributed by atoms with Crippen LogP contribution >= 0.6 is 11.6 Å². The molecule has 0 radical (unpaired) electrons. The summed E-state index contributed by atoms with van der Waals surface area (Å²) in [5.41, 5.74) is 0.433. The smallest absolute Gasteiger partial charge is 0.257 e. The number of amides is 1. The second kappa shape index (κ2) is 6.45. The van der Waals surface area contributed by atoms with Crippen LogP contribution < -0.4 is 4.74 Å². The van der Waals surface area contributed by atoms with E-state index in [1.807, 2.05) is 0 Å². The molecule has 2 aromatic rings. The molecule has 1 heterocycles. The number of hydrogen-bond acceptors (Lipinski definition) is 4. The zero-order chi connectivity index (χ0) is 17.3. The van der Waals surface area contributed by atoms with Crippen LogP contribution in [0.3, 0.4) is 0 Å². The molecule has 0 bridgehead atoms. The molecule has 0 spiro atoms. The van der Waals surface area contributed by atoms with Crippen molar-refractivity contribution >= 4 is 27.3 Å². The number of sulfone groups is 1. The van der Waals surface area contributed by atoms with E-state index < -0.39 is 15.1 Å². The first-order valence-electron chi connectivity index (χ1n) is 7.35. The van der Waals surface area contributed by atoms with Crippen molar-refractivity contribution in [2.24, 2.45) is 0 Å². The average molecular weight is 366 g/mol. The summed E-state index contributed by atoms with van der Waals surface area (Å²) < 4.78 is 30.3. The van der Waals surface area contributed by atoms with Crippen molar-refractivity contribution in [3.05, 3.63) is 59.1 Å². The van der Waals surface area contributed by atoms with Crippen LogP contribution in [-0.2, 0) is 9.84 Å². The Morgan fingerprint density at radius 2 is 1.75 bits per heavy atom. The number of nitrogens with zero attached hydrogens (tertiary/aromatic N) is 1. The minimum absolute atomic E-state index is 0.168. The van der Waals surface area contributed by atoms with E-state index in [0.29, 0.717) is 16.3 Å². The van der Waals surface area contributed by atoms with Crippen molar-refractivity contribution in [3.8, 4) is 5.75 Å². The zero-order valence-electron chi connectivity index (χ0n) is 13.0. The van der Waals surface area contributed by atoms with E-state index >= 15 is 0 Å². The van der Waals surface area contributed by atoms with Crippen molar-refractivity contribution in [1.82, 2.24) is 4.90 Å². The fraction of sp³-hybridized carbons (Fsp3) is 0.235. The lowest BCUT2D eigenvalue weighted by molar-refractivity contribution is 0.0655. The standard InChI is InChI=1S/C17H16ClNO4S/c1-23-16-5-3-2-4-15(16)17(20)19-10-14(11-19)24(21,22)13-8-6-12(18)7-9-13/h2-9,14H,10-11H2,1H3. The van der Waals surface area contributed by atoms with Gasteiger partial charge < -0.3 is 9.64 Å². The fourth-order valence-electron chi connectivity index (χ4n) is 2.61. The van der Waals surface area contributed by atoms with Gasteiger partial charge in [0.2, 0.25) is 0 Å². The summed E-state index contributed by atoms with van der Waals surface area (Å²) in [6.07, 6.45) is 0. The van der Waals surface area contributed by atoms with E-state index in [2.05, 4.69) is 0 Å². The first-order valence-corrected chi connectivity index (χ1v) is 9.27. The van der Waals surface area contributed by atoms with Gasteiger partial charge in [-0.2, -0.15) is 0 Å². The molecule has 126 valence electrons. The highest BCUT2D eigenvalue weighted by Gasteiger charge is 2.41. The summed E-state index contributed by atoms with van der Waals surface area (Å²) in [5.74, 6) is 0.251. The summed E-state index contributed by atoms with van der Waals surface area (Å²) in [4.78, 5) is 14.2. The molecule has 2 aromatic carbocycles. The number of para-hydroxylation sites is 1. The number of methoxy groups -OCH3 is 1. The summed E-state index contributed by atoms with van der Waals surface area (Å²) in [6, 6.07) is 13.0. The molecule has 0 atom stereocenters. The molecule has 0 unspecified atom stereocenters. The average Bonchev–Trinajstić information content (AvgIpc) is 2.53. The quantitative estimate of drug-likeness (QED) is 0.835. The topological polar surface area (TPSA) is 63.7 Å². The van der Waals surface area contributed by atoms with Gasteiger partial charge in [-0.25, -0.2) is 8.42 Å². The first-order chi connectivity index (χ1) is 11.4. The maximum atomic E-state index is 12.5. The van der Waals surface area contributed by atoms with Gasteiger partial charge in [0.05, 0.1) is 17.6 Å². The van der Waals surface area contributed by atoms with Crippen LogP contribution in [0.4, 0.5) is 0 Å². The zero-order valence-corrected chi connectivity index (χ0v) is 14.5.